The number of nitrogens with one attached hydrogen (secondary N) is 1. The predicted octanol–water partition coefficient (Wildman–Crippen LogP) is 6.37. The van der Waals surface area contributed by atoms with Crippen molar-refractivity contribution in [2.24, 2.45) is 5.92 Å². The maximum atomic E-state index is 12.8. The van der Waals surface area contributed by atoms with Crippen molar-refractivity contribution in [3.63, 3.8) is 0 Å². The summed E-state index contributed by atoms with van der Waals surface area (Å²) in [5.74, 6) is 2.13. The molecule has 0 bridgehead atoms. The van der Waals surface area contributed by atoms with Gasteiger partial charge in [0.15, 0.2) is 5.78 Å². The molecule has 2 aromatic rings. The summed E-state index contributed by atoms with van der Waals surface area (Å²) < 4.78 is 6.85. The quantitative estimate of drug-likeness (QED) is 0.560. The highest BCUT2D eigenvalue weighted by Crippen LogP contribution is 2.35. The maximum Gasteiger partial charge on any atom is 0.163 e. The molecule has 2 aromatic carbocycles. The molecule has 4 heteroatoms. The van der Waals surface area contributed by atoms with Crippen LogP contribution in [-0.2, 0) is 0 Å². The largest absolute Gasteiger partial charge is 0.457 e. The van der Waals surface area contributed by atoms with Gasteiger partial charge in [0, 0.05) is 27.5 Å². The molecule has 27 heavy (non-hydrogen) atoms. The van der Waals surface area contributed by atoms with Crippen molar-refractivity contribution < 1.29 is 9.53 Å². The van der Waals surface area contributed by atoms with E-state index in [1.165, 1.54) is 0 Å². The Labute approximate surface area is 170 Å². The SMILES string of the molecule is CC1(C)CC(CC(=O)c2ccc(Oc3ccc(Br)cc3)cc2)CC(C)(C)N1. The van der Waals surface area contributed by atoms with E-state index in [1.54, 1.807) is 0 Å². The van der Waals surface area contributed by atoms with Gasteiger partial charge < -0.3 is 10.1 Å². The molecule has 1 aliphatic heterocycles. The van der Waals surface area contributed by atoms with Crippen LogP contribution in [0.3, 0.4) is 0 Å². The second kappa shape index (κ2) is 7.76. The Kier molecular flexibility index (Phi) is 5.78. The number of rotatable bonds is 5. The van der Waals surface area contributed by atoms with Crippen LogP contribution in [0.15, 0.2) is 53.0 Å². The maximum absolute atomic E-state index is 12.8. The number of Topliss-reactive ketones (excluding diaryl/α,β-unsaturated/α-hetero) is 1. The number of carbonyl (C=O) groups is 1. The van der Waals surface area contributed by atoms with Crippen molar-refractivity contribution in [3.05, 3.63) is 58.6 Å². The van der Waals surface area contributed by atoms with Crippen molar-refractivity contribution in [1.82, 2.24) is 5.32 Å². The van der Waals surface area contributed by atoms with Gasteiger partial charge in [-0.15, -0.1) is 0 Å². The van der Waals surface area contributed by atoms with Crippen molar-refractivity contribution in [2.75, 3.05) is 0 Å². The smallest absolute Gasteiger partial charge is 0.163 e. The lowest BCUT2D eigenvalue weighted by molar-refractivity contribution is 0.0864. The molecule has 0 aromatic heterocycles. The minimum Gasteiger partial charge on any atom is -0.457 e. The zero-order chi connectivity index (χ0) is 19.7. The van der Waals surface area contributed by atoms with Crippen LogP contribution in [0.5, 0.6) is 11.5 Å². The number of piperidine rings is 1. The van der Waals surface area contributed by atoms with Crippen LogP contribution in [0.4, 0.5) is 0 Å². The van der Waals surface area contributed by atoms with Crippen molar-refractivity contribution >= 4 is 21.7 Å². The third-order valence-electron chi connectivity index (χ3n) is 4.97. The van der Waals surface area contributed by atoms with Gasteiger partial charge in [0.05, 0.1) is 0 Å². The van der Waals surface area contributed by atoms with E-state index in [-0.39, 0.29) is 16.9 Å². The Bertz CT molecular complexity index is 778. The molecule has 1 aliphatic rings. The fourth-order valence-electron chi connectivity index (χ4n) is 4.41. The lowest BCUT2D eigenvalue weighted by atomic mass is 9.74. The highest BCUT2D eigenvalue weighted by molar-refractivity contribution is 9.10. The summed E-state index contributed by atoms with van der Waals surface area (Å²) in [5, 5.41) is 3.68. The molecule has 3 rings (SSSR count). The molecule has 3 nitrogen and oxygen atoms in total. The summed E-state index contributed by atoms with van der Waals surface area (Å²) in [6, 6.07) is 15.2. The molecule has 0 unspecified atom stereocenters. The van der Waals surface area contributed by atoms with E-state index in [2.05, 4.69) is 48.9 Å². The van der Waals surface area contributed by atoms with Gasteiger partial charge >= 0.3 is 0 Å². The van der Waals surface area contributed by atoms with Crippen LogP contribution in [-0.4, -0.2) is 16.9 Å². The third kappa shape index (κ3) is 5.66. The normalized spacial score (nSPS) is 18.9. The highest BCUT2D eigenvalue weighted by Gasteiger charge is 2.38. The van der Waals surface area contributed by atoms with Crippen LogP contribution in [0.25, 0.3) is 0 Å². The first-order chi connectivity index (χ1) is 12.6. The molecule has 0 aliphatic carbocycles. The molecule has 1 saturated heterocycles. The van der Waals surface area contributed by atoms with Crippen molar-refractivity contribution in [1.29, 1.82) is 0 Å². The Hall–Kier alpha value is -1.65. The molecular formula is C23H28BrNO2. The summed E-state index contributed by atoms with van der Waals surface area (Å²) in [6.07, 6.45) is 2.64. The van der Waals surface area contributed by atoms with Crippen LogP contribution in [0.1, 0.15) is 57.3 Å². The minimum atomic E-state index is 0.0646. The second-order valence-corrected chi connectivity index (χ2v) is 9.79. The van der Waals surface area contributed by atoms with Crippen LogP contribution in [0.2, 0.25) is 0 Å². The second-order valence-electron chi connectivity index (χ2n) is 8.87. The van der Waals surface area contributed by atoms with Gasteiger partial charge in [-0.05, 0) is 95.0 Å². The zero-order valence-corrected chi connectivity index (χ0v) is 18.1. The fraction of sp³-hybridized carbons (Fsp3) is 0.435. The van der Waals surface area contributed by atoms with Crippen LogP contribution in [0, 0.1) is 5.92 Å². The molecule has 1 heterocycles. The molecule has 0 radical (unpaired) electrons. The summed E-state index contributed by atoms with van der Waals surface area (Å²) in [5.41, 5.74) is 0.886. The van der Waals surface area contributed by atoms with Crippen molar-refractivity contribution in [3.8, 4) is 11.5 Å². The van der Waals surface area contributed by atoms with E-state index in [4.69, 9.17) is 4.74 Å². The van der Waals surface area contributed by atoms with E-state index in [1.807, 2.05) is 48.5 Å². The average Bonchev–Trinajstić information content (AvgIpc) is 2.54. The van der Waals surface area contributed by atoms with Crippen molar-refractivity contribution in [2.45, 2.75) is 58.0 Å². The molecule has 0 atom stereocenters. The number of benzene rings is 2. The first kappa shape index (κ1) is 20.1. The summed E-state index contributed by atoms with van der Waals surface area (Å²) in [7, 11) is 0. The van der Waals surface area contributed by atoms with E-state index in [0.717, 1.165) is 34.4 Å². The van der Waals surface area contributed by atoms with Gasteiger partial charge in [0.1, 0.15) is 11.5 Å². The lowest BCUT2D eigenvalue weighted by Gasteiger charge is -2.46. The number of carbonyl (C=O) groups excluding carboxylic acids is 1. The number of hydrogen-bond acceptors (Lipinski definition) is 3. The fourth-order valence-corrected chi connectivity index (χ4v) is 4.67. The summed E-state index contributed by atoms with van der Waals surface area (Å²) in [6.45, 7) is 8.89. The topological polar surface area (TPSA) is 38.3 Å². The molecule has 1 N–H and O–H groups in total. The van der Waals surface area contributed by atoms with E-state index in [9.17, 15) is 4.79 Å². The molecule has 1 fully saturated rings. The number of ether oxygens (including phenoxy) is 1. The van der Waals surface area contributed by atoms with Crippen LogP contribution < -0.4 is 10.1 Å². The Balaban J connectivity index is 1.63. The third-order valence-corrected chi connectivity index (χ3v) is 5.50. The Morgan fingerprint density at radius 2 is 1.44 bits per heavy atom. The van der Waals surface area contributed by atoms with E-state index < -0.39 is 0 Å². The first-order valence-electron chi connectivity index (χ1n) is 9.48. The standard InChI is InChI=1S/C23H28BrNO2/c1-22(2)14-16(15-23(3,4)25-22)13-21(26)17-5-9-19(10-6-17)27-20-11-7-18(24)8-12-20/h5-12,16,25H,13-15H2,1-4H3. The number of hydrogen-bond donors (Lipinski definition) is 1. The number of ketones is 1. The highest BCUT2D eigenvalue weighted by atomic mass is 79.9. The molecule has 0 amide bonds. The van der Waals surface area contributed by atoms with Crippen LogP contribution >= 0.6 is 15.9 Å². The molecular weight excluding hydrogens is 402 g/mol. The zero-order valence-electron chi connectivity index (χ0n) is 16.5. The monoisotopic (exact) mass is 429 g/mol. The Morgan fingerprint density at radius 3 is 1.96 bits per heavy atom. The van der Waals surface area contributed by atoms with Gasteiger partial charge in [-0.3, -0.25) is 4.79 Å². The van der Waals surface area contributed by atoms with Gasteiger partial charge in [0.2, 0.25) is 0 Å². The molecule has 0 spiro atoms. The minimum absolute atomic E-state index is 0.0646. The average molecular weight is 430 g/mol. The molecule has 144 valence electrons. The van der Waals surface area contributed by atoms with Gasteiger partial charge in [-0.25, -0.2) is 0 Å². The Morgan fingerprint density at radius 1 is 0.963 bits per heavy atom. The predicted molar refractivity (Wildman–Crippen MR) is 114 cm³/mol. The van der Waals surface area contributed by atoms with E-state index >= 15 is 0 Å². The summed E-state index contributed by atoms with van der Waals surface area (Å²) >= 11 is 3.41. The lowest BCUT2D eigenvalue weighted by Crippen LogP contribution is -2.57. The van der Waals surface area contributed by atoms with Gasteiger partial charge in [-0.1, -0.05) is 15.9 Å². The first-order valence-corrected chi connectivity index (χ1v) is 10.3. The summed E-state index contributed by atoms with van der Waals surface area (Å²) in [4.78, 5) is 12.8. The van der Waals surface area contributed by atoms with Gasteiger partial charge in [-0.2, -0.15) is 0 Å². The van der Waals surface area contributed by atoms with Gasteiger partial charge in [0.25, 0.3) is 0 Å². The number of halogens is 1. The van der Waals surface area contributed by atoms with E-state index in [0.29, 0.717) is 12.3 Å². The molecule has 0 saturated carbocycles.